The molecule has 0 saturated carbocycles. The van der Waals surface area contributed by atoms with Crippen LogP contribution >= 0.6 is 12.2 Å². The van der Waals surface area contributed by atoms with Crippen molar-refractivity contribution in [1.29, 1.82) is 0 Å². The van der Waals surface area contributed by atoms with Gasteiger partial charge >= 0.3 is 0 Å². The fourth-order valence-electron chi connectivity index (χ4n) is 2.50. The SMILES string of the molecule is CCc1ncnc(N2CCN(C(C)(C)C(N)=S)CC2)c1F. The highest BCUT2D eigenvalue weighted by molar-refractivity contribution is 7.80. The molecule has 7 heteroatoms. The molecule has 2 heterocycles. The monoisotopic (exact) mass is 311 g/mol. The lowest BCUT2D eigenvalue weighted by atomic mass is 10.0. The fraction of sp³-hybridized carbons (Fsp3) is 0.643. The zero-order chi connectivity index (χ0) is 15.6. The minimum atomic E-state index is -0.319. The van der Waals surface area contributed by atoms with E-state index < -0.39 is 0 Å². The van der Waals surface area contributed by atoms with Gasteiger partial charge in [0.2, 0.25) is 0 Å². The van der Waals surface area contributed by atoms with E-state index in [1.807, 2.05) is 25.7 Å². The van der Waals surface area contributed by atoms with Crippen molar-refractivity contribution in [2.75, 3.05) is 31.1 Å². The topological polar surface area (TPSA) is 58.3 Å². The molecule has 5 nitrogen and oxygen atoms in total. The second-order valence-corrected chi connectivity index (χ2v) is 6.15. The molecular weight excluding hydrogens is 289 g/mol. The summed E-state index contributed by atoms with van der Waals surface area (Å²) in [5, 5.41) is 0. The van der Waals surface area contributed by atoms with Crippen LogP contribution in [0.1, 0.15) is 26.5 Å². The van der Waals surface area contributed by atoms with Gasteiger partial charge in [0.1, 0.15) is 6.33 Å². The molecule has 0 aromatic carbocycles. The average Bonchev–Trinajstić information content (AvgIpc) is 2.47. The van der Waals surface area contributed by atoms with Gasteiger partial charge in [-0.3, -0.25) is 4.90 Å². The molecule has 0 bridgehead atoms. The Balaban J connectivity index is 2.10. The van der Waals surface area contributed by atoms with Crippen LogP contribution in [0.5, 0.6) is 0 Å². The van der Waals surface area contributed by atoms with Crippen molar-refractivity contribution in [2.24, 2.45) is 5.73 Å². The number of anilines is 1. The van der Waals surface area contributed by atoms with Gasteiger partial charge in [-0.05, 0) is 20.3 Å². The molecule has 2 rings (SSSR count). The molecule has 1 aliphatic heterocycles. The number of nitrogens with two attached hydrogens (primary N) is 1. The number of nitrogens with zero attached hydrogens (tertiary/aromatic N) is 4. The van der Waals surface area contributed by atoms with Crippen LogP contribution in [-0.4, -0.2) is 51.6 Å². The summed E-state index contributed by atoms with van der Waals surface area (Å²) in [6.07, 6.45) is 2.00. The maximum atomic E-state index is 14.3. The van der Waals surface area contributed by atoms with Crippen LogP contribution in [0.2, 0.25) is 0 Å². The van der Waals surface area contributed by atoms with Crippen LogP contribution in [0.15, 0.2) is 6.33 Å². The smallest absolute Gasteiger partial charge is 0.187 e. The van der Waals surface area contributed by atoms with E-state index >= 15 is 0 Å². The van der Waals surface area contributed by atoms with Crippen molar-refractivity contribution >= 4 is 23.0 Å². The third kappa shape index (κ3) is 3.13. The summed E-state index contributed by atoms with van der Waals surface area (Å²) in [5.41, 5.74) is 5.95. The Kier molecular flexibility index (Phi) is 4.73. The van der Waals surface area contributed by atoms with Gasteiger partial charge in [0.25, 0.3) is 0 Å². The molecular formula is C14H22FN5S. The van der Waals surface area contributed by atoms with Crippen LogP contribution in [0.3, 0.4) is 0 Å². The predicted octanol–water partition coefficient (Wildman–Crippen LogP) is 1.36. The standard InChI is InChI=1S/C14H22FN5S/c1-4-10-11(15)12(18-9-17-10)19-5-7-20(8-6-19)14(2,3)13(16)21/h9H,4-8H2,1-3H3,(H2,16,21). The summed E-state index contributed by atoms with van der Waals surface area (Å²) >= 11 is 5.13. The summed E-state index contributed by atoms with van der Waals surface area (Å²) < 4.78 is 14.3. The Bertz CT molecular complexity index is 526. The number of piperazine rings is 1. The van der Waals surface area contributed by atoms with Crippen molar-refractivity contribution in [2.45, 2.75) is 32.7 Å². The van der Waals surface area contributed by atoms with E-state index in [1.165, 1.54) is 6.33 Å². The summed E-state index contributed by atoms with van der Waals surface area (Å²) in [6.45, 7) is 8.87. The molecule has 1 aromatic heterocycles. The van der Waals surface area contributed by atoms with Crippen molar-refractivity contribution in [3.05, 3.63) is 17.8 Å². The van der Waals surface area contributed by atoms with Crippen LogP contribution in [0.4, 0.5) is 10.2 Å². The van der Waals surface area contributed by atoms with Gasteiger partial charge in [0.15, 0.2) is 11.6 Å². The molecule has 0 unspecified atom stereocenters. The molecule has 0 spiro atoms. The first-order chi connectivity index (χ1) is 9.87. The molecule has 1 fully saturated rings. The van der Waals surface area contributed by atoms with Crippen molar-refractivity contribution in [3.63, 3.8) is 0 Å². The zero-order valence-corrected chi connectivity index (χ0v) is 13.6. The lowest BCUT2D eigenvalue weighted by Gasteiger charge is -2.43. The second kappa shape index (κ2) is 6.19. The number of aryl methyl sites for hydroxylation is 1. The van der Waals surface area contributed by atoms with Crippen molar-refractivity contribution in [1.82, 2.24) is 14.9 Å². The fourth-order valence-corrected chi connectivity index (χ4v) is 2.62. The number of thiocarbonyl (C=S) groups is 1. The lowest BCUT2D eigenvalue weighted by Crippen LogP contribution is -2.59. The number of hydrogen-bond acceptors (Lipinski definition) is 5. The minimum Gasteiger partial charge on any atom is -0.392 e. The molecule has 0 atom stereocenters. The largest absolute Gasteiger partial charge is 0.392 e. The highest BCUT2D eigenvalue weighted by Crippen LogP contribution is 2.23. The summed E-state index contributed by atoms with van der Waals surface area (Å²) in [4.78, 5) is 12.7. The van der Waals surface area contributed by atoms with Gasteiger partial charge in [-0.15, -0.1) is 0 Å². The van der Waals surface area contributed by atoms with E-state index in [0.717, 1.165) is 13.1 Å². The van der Waals surface area contributed by atoms with E-state index in [1.54, 1.807) is 0 Å². The number of halogens is 1. The van der Waals surface area contributed by atoms with E-state index in [-0.39, 0.29) is 11.4 Å². The highest BCUT2D eigenvalue weighted by atomic mass is 32.1. The Hall–Kier alpha value is -1.34. The summed E-state index contributed by atoms with van der Waals surface area (Å²) in [5.74, 6) is 0.0942. The van der Waals surface area contributed by atoms with Crippen LogP contribution in [0.25, 0.3) is 0 Å². The van der Waals surface area contributed by atoms with E-state index in [2.05, 4.69) is 14.9 Å². The van der Waals surface area contributed by atoms with E-state index in [4.69, 9.17) is 18.0 Å². The predicted molar refractivity (Wildman–Crippen MR) is 86.0 cm³/mol. The van der Waals surface area contributed by atoms with Crippen LogP contribution < -0.4 is 10.6 Å². The van der Waals surface area contributed by atoms with Gasteiger partial charge in [0.05, 0.1) is 16.2 Å². The molecule has 21 heavy (non-hydrogen) atoms. The molecule has 2 N–H and O–H groups in total. The Labute approximate surface area is 130 Å². The van der Waals surface area contributed by atoms with Gasteiger partial charge < -0.3 is 10.6 Å². The Morgan fingerprint density at radius 3 is 2.48 bits per heavy atom. The number of hydrogen-bond donors (Lipinski definition) is 1. The molecule has 0 amide bonds. The molecule has 0 aliphatic carbocycles. The third-order valence-corrected chi connectivity index (χ3v) is 4.65. The highest BCUT2D eigenvalue weighted by Gasteiger charge is 2.33. The summed E-state index contributed by atoms with van der Waals surface area (Å²) in [7, 11) is 0. The van der Waals surface area contributed by atoms with E-state index in [0.29, 0.717) is 36.0 Å². The molecule has 116 valence electrons. The van der Waals surface area contributed by atoms with Gasteiger partial charge in [0, 0.05) is 26.2 Å². The minimum absolute atomic E-state index is 0.304. The van der Waals surface area contributed by atoms with Gasteiger partial charge in [-0.25, -0.2) is 14.4 Å². The van der Waals surface area contributed by atoms with E-state index in [9.17, 15) is 4.39 Å². The van der Waals surface area contributed by atoms with Gasteiger partial charge in [-0.1, -0.05) is 19.1 Å². The first-order valence-corrected chi connectivity index (χ1v) is 7.58. The number of aromatic nitrogens is 2. The summed E-state index contributed by atoms with van der Waals surface area (Å²) in [6, 6.07) is 0. The van der Waals surface area contributed by atoms with Crippen LogP contribution in [0, 0.1) is 5.82 Å². The molecule has 1 aliphatic rings. The second-order valence-electron chi connectivity index (χ2n) is 5.71. The Morgan fingerprint density at radius 2 is 1.95 bits per heavy atom. The molecule has 1 saturated heterocycles. The average molecular weight is 311 g/mol. The van der Waals surface area contributed by atoms with Gasteiger partial charge in [-0.2, -0.15) is 0 Å². The molecule has 0 radical (unpaired) electrons. The molecule has 1 aromatic rings. The van der Waals surface area contributed by atoms with Crippen molar-refractivity contribution < 1.29 is 4.39 Å². The zero-order valence-electron chi connectivity index (χ0n) is 12.8. The Morgan fingerprint density at radius 1 is 1.33 bits per heavy atom. The number of rotatable bonds is 4. The maximum Gasteiger partial charge on any atom is 0.187 e. The van der Waals surface area contributed by atoms with Crippen LogP contribution in [-0.2, 0) is 6.42 Å². The third-order valence-electron chi connectivity index (χ3n) is 4.15. The first-order valence-electron chi connectivity index (χ1n) is 7.17. The maximum absolute atomic E-state index is 14.3. The normalized spacial score (nSPS) is 17.0. The van der Waals surface area contributed by atoms with Crippen molar-refractivity contribution in [3.8, 4) is 0 Å². The lowest BCUT2D eigenvalue weighted by molar-refractivity contribution is 0.167. The quantitative estimate of drug-likeness (QED) is 0.848. The first kappa shape index (κ1) is 16.0.